The van der Waals surface area contributed by atoms with Crippen LogP contribution in [0.2, 0.25) is 0 Å². The molecule has 0 aliphatic carbocycles. The SMILES string of the molecule is Cc1cccc(Oc2ccc(NC(=O)COc3ccc4ccc(=O)oc4c3)cc2)c1. The summed E-state index contributed by atoms with van der Waals surface area (Å²) < 4.78 is 16.4. The molecule has 3 aromatic carbocycles. The third kappa shape index (κ3) is 4.86. The molecule has 0 saturated heterocycles. The Morgan fingerprint density at radius 3 is 2.47 bits per heavy atom. The summed E-state index contributed by atoms with van der Waals surface area (Å²) in [6, 6.07) is 22.9. The summed E-state index contributed by atoms with van der Waals surface area (Å²) in [4.78, 5) is 23.5. The van der Waals surface area contributed by atoms with Crippen LogP contribution in [0, 0.1) is 6.92 Å². The predicted octanol–water partition coefficient (Wildman–Crippen LogP) is 4.91. The highest BCUT2D eigenvalue weighted by molar-refractivity contribution is 5.92. The van der Waals surface area contributed by atoms with Crippen LogP contribution in [-0.2, 0) is 4.79 Å². The van der Waals surface area contributed by atoms with Crippen molar-refractivity contribution in [2.75, 3.05) is 11.9 Å². The molecule has 1 amide bonds. The van der Waals surface area contributed by atoms with E-state index in [2.05, 4.69) is 5.32 Å². The van der Waals surface area contributed by atoms with E-state index in [1.165, 1.54) is 6.07 Å². The van der Waals surface area contributed by atoms with Gasteiger partial charge in [0.2, 0.25) is 0 Å². The maximum Gasteiger partial charge on any atom is 0.336 e. The van der Waals surface area contributed by atoms with Crippen LogP contribution in [0.25, 0.3) is 11.0 Å². The smallest absolute Gasteiger partial charge is 0.336 e. The molecule has 0 unspecified atom stereocenters. The second-order valence-electron chi connectivity index (χ2n) is 6.73. The standard InChI is InChI=1S/C24H19NO5/c1-16-3-2-4-21(13-16)29-19-10-7-18(8-11-19)25-23(26)15-28-20-9-5-17-6-12-24(27)30-22(17)14-20/h2-14H,15H2,1H3,(H,25,26). The topological polar surface area (TPSA) is 77.8 Å². The summed E-state index contributed by atoms with van der Waals surface area (Å²) in [5.74, 6) is 1.56. The van der Waals surface area contributed by atoms with E-state index < -0.39 is 5.63 Å². The van der Waals surface area contributed by atoms with Gasteiger partial charge in [-0.15, -0.1) is 0 Å². The van der Waals surface area contributed by atoms with Gasteiger partial charge in [-0.25, -0.2) is 4.79 Å². The van der Waals surface area contributed by atoms with Crippen LogP contribution in [-0.4, -0.2) is 12.5 Å². The summed E-state index contributed by atoms with van der Waals surface area (Å²) in [5, 5.41) is 3.54. The number of hydrogen-bond donors (Lipinski definition) is 1. The second kappa shape index (κ2) is 8.53. The zero-order valence-corrected chi connectivity index (χ0v) is 16.3. The Morgan fingerprint density at radius 2 is 1.67 bits per heavy atom. The Kier molecular flexibility index (Phi) is 5.48. The molecule has 6 nitrogen and oxygen atoms in total. The van der Waals surface area contributed by atoms with Gasteiger partial charge in [0.25, 0.3) is 5.91 Å². The van der Waals surface area contributed by atoms with E-state index in [4.69, 9.17) is 13.9 Å². The van der Waals surface area contributed by atoms with Gasteiger partial charge in [-0.1, -0.05) is 12.1 Å². The summed E-state index contributed by atoms with van der Waals surface area (Å²) in [5.41, 5.74) is 1.71. The lowest BCUT2D eigenvalue weighted by atomic mass is 10.2. The molecule has 0 saturated carbocycles. The zero-order chi connectivity index (χ0) is 20.9. The van der Waals surface area contributed by atoms with Crippen molar-refractivity contribution in [2.45, 2.75) is 6.92 Å². The molecule has 0 aliphatic rings. The Balaban J connectivity index is 1.33. The van der Waals surface area contributed by atoms with Gasteiger partial charge in [0, 0.05) is 23.2 Å². The number of nitrogens with one attached hydrogen (secondary N) is 1. The van der Waals surface area contributed by atoms with Gasteiger partial charge >= 0.3 is 5.63 Å². The van der Waals surface area contributed by atoms with Crippen LogP contribution >= 0.6 is 0 Å². The predicted molar refractivity (Wildman–Crippen MR) is 114 cm³/mol. The molecule has 0 fully saturated rings. The number of rotatable bonds is 6. The summed E-state index contributed by atoms with van der Waals surface area (Å²) >= 11 is 0. The van der Waals surface area contributed by atoms with Crippen molar-refractivity contribution in [1.29, 1.82) is 0 Å². The lowest BCUT2D eigenvalue weighted by Crippen LogP contribution is -2.20. The van der Waals surface area contributed by atoms with Crippen molar-refractivity contribution in [3.05, 3.63) is 94.8 Å². The molecular weight excluding hydrogens is 382 g/mol. The highest BCUT2D eigenvalue weighted by atomic mass is 16.5. The fourth-order valence-corrected chi connectivity index (χ4v) is 2.90. The van der Waals surface area contributed by atoms with E-state index in [-0.39, 0.29) is 12.5 Å². The molecule has 6 heteroatoms. The molecule has 1 heterocycles. The lowest BCUT2D eigenvalue weighted by molar-refractivity contribution is -0.118. The van der Waals surface area contributed by atoms with Gasteiger partial charge in [-0.3, -0.25) is 4.79 Å². The summed E-state index contributed by atoms with van der Waals surface area (Å²) in [6.45, 7) is 1.82. The molecule has 0 aliphatic heterocycles. The normalized spacial score (nSPS) is 10.6. The number of amides is 1. The maximum absolute atomic E-state index is 12.2. The lowest BCUT2D eigenvalue weighted by Gasteiger charge is -2.09. The van der Waals surface area contributed by atoms with E-state index in [0.717, 1.165) is 16.7 Å². The molecule has 1 N–H and O–H groups in total. The first-order valence-corrected chi connectivity index (χ1v) is 9.36. The number of aryl methyl sites for hydroxylation is 1. The number of carbonyl (C=O) groups excluding carboxylic acids is 1. The number of fused-ring (bicyclic) bond motifs is 1. The number of ether oxygens (including phenoxy) is 2. The maximum atomic E-state index is 12.2. The molecule has 4 rings (SSSR count). The van der Waals surface area contributed by atoms with Gasteiger partial charge in [0.1, 0.15) is 22.8 Å². The van der Waals surface area contributed by atoms with Crippen LogP contribution in [0.4, 0.5) is 5.69 Å². The van der Waals surface area contributed by atoms with Crippen molar-refractivity contribution >= 4 is 22.6 Å². The first-order chi connectivity index (χ1) is 14.5. The minimum atomic E-state index is -0.438. The molecule has 0 radical (unpaired) electrons. The number of carbonyl (C=O) groups is 1. The molecule has 150 valence electrons. The van der Waals surface area contributed by atoms with Crippen LogP contribution in [0.5, 0.6) is 17.2 Å². The fourth-order valence-electron chi connectivity index (χ4n) is 2.90. The number of benzene rings is 3. The third-order valence-electron chi connectivity index (χ3n) is 4.33. The number of anilines is 1. The summed E-state index contributed by atoms with van der Waals surface area (Å²) in [7, 11) is 0. The Hall–Kier alpha value is -4.06. The van der Waals surface area contributed by atoms with E-state index in [9.17, 15) is 9.59 Å². The first kappa shape index (κ1) is 19.3. The largest absolute Gasteiger partial charge is 0.484 e. The van der Waals surface area contributed by atoms with Gasteiger partial charge in [0.05, 0.1) is 0 Å². The second-order valence-corrected chi connectivity index (χ2v) is 6.73. The van der Waals surface area contributed by atoms with E-state index in [0.29, 0.717) is 22.8 Å². The molecule has 30 heavy (non-hydrogen) atoms. The molecule has 1 aromatic heterocycles. The monoisotopic (exact) mass is 401 g/mol. The average molecular weight is 401 g/mol. The Morgan fingerprint density at radius 1 is 0.900 bits per heavy atom. The Bertz CT molecular complexity index is 1240. The van der Waals surface area contributed by atoms with Gasteiger partial charge in [-0.05, 0) is 67.1 Å². The van der Waals surface area contributed by atoms with Crippen molar-refractivity contribution in [3.8, 4) is 17.2 Å². The highest BCUT2D eigenvalue weighted by Gasteiger charge is 2.06. The van der Waals surface area contributed by atoms with E-state index >= 15 is 0 Å². The minimum absolute atomic E-state index is 0.176. The molecule has 0 spiro atoms. The molecule has 0 atom stereocenters. The molecule has 0 bridgehead atoms. The van der Waals surface area contributed by atoms with Crippen molar-refractivity contribution in [2.24, 2.45) is 0 Å². The van der Waals surface area contributed by atoms with Crippen LogP contribution < -0.4 is 20.4 Å². The van der Waals surface area contributed by atoms with Crippen LogP contribution in [0.15, 0.2) is 88.1 Å². The van der Waals surface area contributed by atoms with E-state index in [1.54, 1.807) is 48.5 Å². The minimum Gasteiger partial charge on any atom is -0.484 e. The molecule has 4 aromatic rings. The quantitative estimate of drug-likeness (QED) is 0.465. The van der Waals surface area contributed by atoms with E-state index in [1.807, 2.05) is 31.2 Å². The fraction of sp³-hybridized carbons (Fsp3) is 0.0833. The number of hydrogen-bond acceptors (Lipinski definition) is 5. The van der Waals surface area contributed by atoms with Crippen LogP contribution in [0.3, 0.4) is 0 Å². The molecular formula is C24H19NO5. The summed E-state index contributed by atoms with van der Waals surface area (Å²) in [6.07, 6.45) is 0. The third-order valence-corrected chi connectivity index (χ3v) is 4.33. The van der Waals surface area contributed by atoms with Gasteiger partial charge < -0.3 is 19.2 Å². The zero-order valence-electron chi connectivity index (χ0n) is 16.3. The van der Waals surface area contributed by atoms with Crippen molar-refractivity contribution in [1.82, 2.24) is 0 Å². The van der Waals surface area contributed by atoms with Crippen molar-refractivity contribution < 1.29 is 18.7 Å². The van der Waals surface area contributed by atoms with Crippen molar-refractivity contribution in [3.63, 3.8) is 0 Å². The van der Waals surface area contributed by atoms with Gasteiger partial charge in [0.15, 0.2) is 6.61 Å². The van der Waals surface area contributed by atoms with Gasteiger partial charge in [-0.2, -0.15) is 0 Å². The first-order valence-electron chi connectivity index (χ1n) is 9.36. The average Bonchev–Trinajstić information content (AvgIpc) is 2.73. The Labute approximate surface area is 172 Å². The highest BCUT2D eigenvalue weighted by Crippen LogP contribution is 2.24. The van der Waals surface area contributed by atoms with Crippen LogP contribution in [0.1, 0.15) is 5.56 Å².